The fourth-order valence-electron chi connectivity index (χ4n) is 2.69. The molecule has 0 bridgehead atoms. The van der Waals surface area contributed by atoms with Crippen molar-refractivity contribution >= 4 is 23.3 Å². The molecule has 1 heterocycles. The van der Waals surface area contributed by atoms with Crippen molar-refractivity contribution in [2.75, 3.05) is 31.2 Å². The van der Waals surface area contributed by atoms with Crippen molar-refractivity contribution in [3.63, 3.8) is 0 Å². The average Bonchev–Trinajstić information content (AvgIpc) is 2.69. The largest absolute Gasteiger partial charge is 0.485 e. The molecule has 0 saturated carbocycles. The highest BCUT2D eigenvalue weighted by atomic mass is 16.5. The molecular weight excluding hydrogens is 348 g/mol. The van der Waals surface area contributed by atoms with Crippen molar-refractivity contribution < 1.29 is 23.9 Å². The highest BCUT2D eigenvalue weighted by Crippen LogP contribution is 2.33. The van der Waals surface area contributed by atoms with E-state index in [2.05, 4.69) is 5.32 Å². The van der Waals surface area contributed by atoms with Gasteiger partial charge in [0.25, 0.3) is 5.91 Å². The normalized spacial score (nSPS) is 12.8. The number of carbonyl (C=O) groups is 3. The Bertz CT molecular complexity index is 851. The molecule has 140 valence electrons. The number of fused-ring (bicyclic) bond motifs is 1. The molecule has 1 aliphatic heterocycles. The predicted octanol–water partition coefficient (Wildman–Crippen LogP) is 1.81. The maximum atomic E-state index is 12.5. The summed E-state index contributed by atoms with van der Waals surface area (Å²) in [5, 5.41) is 2.66. The van der Waals surface area contributed by atoms with E-state index in [0.717, 1.165) is 0 Å². The minimum atomic E-state index is -0.334. The molecule has 7 heteroatoms. The topological polar surface area (TPSA) is 84.9 Å². The summed E-state index contributed by atoms with van der Waals surface area (Å²) in [7, 11) is 0. The van der Waals surface area contributed by atoms with Gasteiger partial charge in [-0.05, 0) is 37.3 Å². The third-order valence-corrected chi connectivity index (χ3v) is 4.01. The summed E-state index contributed by atoms with van der Waals surface area (Å²) >= 11 is 0. The van der Waals surface area contributed by atoms with Crippen LogP contribution in [0, 0.1) is 0 Å². The summed E-state index contributed by atoms with van der Waals surface area (Å²) in [5.41, 5.74) is 0.784. The van der Waals surface area contributed by atoms with Crippen LogP contribution in [-0.2, 0) is 9.59 Å². The maximum absolute atomic E-state index is 12.5. The minimum Gasteiger partial charge on any atom is -0.485 e. The molecule has 0 spiro atoms. The smallest absolute Gasteiger partial charge is 0.265 e. The number of anilines is 1. The van der Waals surface area contributed by atoms with E-state index in [1.54, 1.807) is 37.3 Å². The molecule has 3 rings (SSSR count). The van der Waals surface area contributed by atoms with Crippen LogP contribution < -0.4 is 19.7 Å². The second kappa shape index (κ2) is 8.35. The van der Waals surface area contributed by atoms with Gasteiger partial charge < -0.3 is 14.8 Å². The van der Waals surface area contributed by atoms with Crippen LogP contribution in [0.2, 0.25) is 0 Å². The van der Waals surface area contributed by atoms with Crippen LogP contribution in [0.15, 0.2) is 48.5 Å². The van der Waals surface area contributed by atoms with Gasteiger partial charge in [-0.2, -0.15) is 0 Å². The van der Waals surface area contributed by atoms with E-state index in [4.69, 9.17) is 9.47 Å². The van der Waals surface area contributed by atoms with E-state index in [1.807, 2.05) is 18.2 Å². The molecule has 0 aliphatic carbocycles. The molecule has 0 unspecified atom stereocenters. The van der Waals surface area contributed by atoms with Crippen molar-refractivity contribution in [1.82, 2.24) is 5.32 Å². The van der Waals surface area contributed by atoms with E-state index in [9.17, 15) is 14.4 Å². The number of hydrogen-bond donors (Lipinski definition) is 1. The van der Waals surface area contributed by atoms with E-state index < -0.39 is 0 Å². The van der Waals surface area contributed by atoms with Crippen molar-refractivity contribution in [2.24, 2.45) is 0 Å². The lowest BCUT2D eigenvalue weighted by atomic mass is 10.1. The lowest BCUT2D eigenvalue weighted by Crippen LogP contribution is -2.45. The van der Waals surface area contributed by atoms with Crippen LogP contribution in [0.4, 0.5) is 5.69 Å². The second-order valence-corrected chi connectivity index (χ2v) is 5.93. The molecule has 1 N–H and O–H groups in total. The molecule has 0 saturated heterocycles. The number of hydrogen-bond acceptors (Lipinski definition) is 5. The molecule has 0 fully saturated rings. The number of rotatable bonds is 7. The molecule has 0 radical (unpaired) electrons. The lowest BCUT2D eigenvalue weighted by molar-refractivity contribution is -0.125. The molecule has 2 aromatic carbocycles. The molecule has 2 amide bonds. The fourth-order valence-corrected chi connectivity index (χ4v) is 2.69. The van der Waals surface area contributed by atoms with Crippen LogP contribution in [-0.4, -0.2) is 43.9 Å². The SMILES string of the molecule is CCNC(=O)CN1C(=O)COc2ccc(C(=O)COc3ccccc3)cc21. The third-order valence-electron chi connectivity index (χ3n) is 4.01. The first-order valence-corrected chi connectivity index (χ1v) is 8.63. The Morgan fingerprint density at radius 1 is 1.19 bits per heavy atom. The Kier molecular flexibility index (Phi) is 5.71. The second-order valence-electron chi connectivity index (χ2n) is 5.93. The standard InChI is InChI=1S/C20H20N2O5/c1-2-21-19(24)11-22-16-10-14(8-9-18(16)27-13-20(22)25)17(23)12-26-15-6-4-3-5-7-15/h3-10H,2,11-13H2,1H3,(H,21,24). The molecule has 1 aliphatic rings. The zero-order valence-electron chi connectivity index (χ0n) is 14.9. The lowest BCUT2D eigenvalue weighted by Gasteiger charge is -2.29. The van der Waals surface area contributed by atoms with Gasteiger partial charge in [-0.3, -0.25) is 19.3 Å². The molecule has 0 atom stereocenters. The number of likely N-dealkylation sites (N-methyl/N-ethyl adjacent to an activating group) is 1. The quantitative estimate of drug-likeness (QED) is 0.754. The number of benzene rings is 2. The number of carbonyl (C=O) groups excluding carboxylic acids is 3. The summed E-state index contributed by atoms with van der Waals surface area (Å²) in [6.07, 6.45) is 0. The monoisotopic (exact) mass is 368 g/mol. The van der Waals surface area contributed by atoms with Crippen LogP contribution in [0.25, 0.3) is 0 Å². The average molecular weight is 368 g/mol. The summed E-state index contributed by atoms with van der Waals surface area (Å²) < 4.78 is 10.9. The number of ether oxygens (including phenoxy) is 2. The van der Waals surface area contributed by atoms with Gasteiger partial charge in [0.2, 0.25) is 5.91 Å². The van der Waals surface area contributed by atoms with Crippen molar-refractivity contribution in [3.05, 3.63) is 54.1 Å². The number of nitrogens with zero attached hydrogens (tertiary/aromatic N) is 1. The highest BCUT2D eigenvalue weighted by molar-refractivity contribution is 6.04. The first-order chi connectivity index (χ1) is 13.1. The van der Waals surface area contributed by atoms with Crippen molar-refractivity contribution in [2.45, 2.75) is 6.92 Å². The van der Waals surface area contributed by atoms with Crippen LogP contribution in [0.1, 0.15) is 17.3 Å². The Hall–Kier alpha value is -3.35. The number of amides is 2. The van der Waals surface area contributed by atoms with Gasteiger partial charge in [0.15, 0.2) is 19.0 Å². The van der Waals surface area contributed by atoms with Gasteiger partial charge in [-0.15, -0.1) is 0 Å². The zero-order valence-corrected chi connectivity index (χ0v) is 14.9. The number of nitrogens with one attached hydrogen (secondary N) is 1. The van der Waals surface area contributed by atoms with Gasteiger partial charge in [0.1, 0.15) is 18.0 Å². The molecule has 27 heavy (non-hydrogen) atoms. The Balaban J connectivity index is 1.77. The van der Waals surface area contributed by atoms with Gasteiger partial charge in [0, 0.05) is 12.1 Å². The van der Waals surface area contributed by atoms with Crippen molar-refractivity contribution in [1.29, 1.82) is 0 Å². The van der Waals surface area contributed by atoms with E-state index in [-0.39, 0.29) is 37.4 Å². The molecule has 0 aromatic heterocycles. The summed E-state index contributed by atoms with van der Waals surface area (Å²) in [6.45, 7) is 1.88. The van der Waals surface area contributed by atoms with E-state index in [0.29, 0.717) is 29.3 Å². The summed E-state index contributed by atoms with van der Waals surface area (Å²) in [5.74, 6) is 0.207. The van der Waals surface area contributed by atoms with Crippen molar-refractivity contribution in [3.8, 4) is 11.5 Å². The minimum absolute atomic E-state index is 0.124. The first-order valence-electron chi connectivity index (χ1n) is 8.63. The van der Waals surface area contributed by atoms with Gasteiger partial charge >= 0.3 is 0 Å². The molecule has 7 nitrogen and oxygen atoms in total. The highest BCUT2D eigenvalue weighted by Gasteiger charge is 2.28. The van der Waals surface area contributed by atoms with Crippen LogP contribution in [0.3, 0.4) is 0 Å². The summed E-state index contributed by atoms with van der Waals surface area (Å²) in [6, 6.07) is 13.8. The predicted molar refractivity (Wildman–Crippen MR) is 99.2 cm³/mol. The molecular formula is C20H20N2O5. The number of Topliss-reactive ketones (excluding diaryl/α,β-unsaturated/α-hetero) is 1. The third kappa shape index (κ3) is 4.44. The van der Waals surface area contributed by atoms with Gasteiger partial charge in [-0.1, -0.05) is 18.2 Å². The number of ketones is 1. The first kappa shape index (κ1) is 18.4. The van der Waals surface area contributed by atoms with Gasteiger partial charge in [0.05, 0.1) is 5.69 Å². The van der Waals surface area contributed by atoms with Crippen LogP contribution >= 0.6 is 0 Å². The Morgan fingerprint density at radius 3 is 2.70 bits per heavy atom. The number of para-hydroxylation sites is 1. The fraction of sp³-hybridized carbons (Fsp3) is 0.250. The van der Waals surface area contributed by atoms with E-state index >= 15 is 0 Å². The van der Waals surface area contributed by atoms with Crippen LogP contribution in [0.5, 0.6) is 11.5 Å². The zero-order chi connectivity index (χ0) is 19.2. The maximum Gasteiger partial charge on any atom is 0.265 e. The van der Waals surface area contributed by atoms with E-state index in [1.165, 1.54) is 4.90 Å². The Morgan fingerprint density at radius 2 is 1.96 bits per heavy atom. The van der Waals surface area contributed by atoms with Gasteiger partial charge in [-0.25, -0.2) is 0 Å². The summed E-state index contributed by atoms with van der Waals surface area (Å²) in [4.78, 5) is 37.9. The Labute approximate surface area is 156 Å². The molecule has 2 aromatic rings.